The molecule has 1 saturated heterocycles. The molecule has 0 radical (unpaired) electrons. The van der Waals surface area contributed by atoms with E-state index >= 15 is 0 Å². The van der Waals surface area contributed by atoms with Gasteiger partial charge in [-0.15, -0.1) is 0 Å². The van der Waals surface area contributed by atoms with Crippen molar-refractivity contribution in [3.05, 3.63) is 57.8 Å². The number of nitrogens with one attached hydrogen (secondary N) is 2. The average Bonchev–Trinajstić information content (AvgIpc) is 3.21. The molecule has 1 aliphatic rings. The molecule has 5 nitrogen and oxygen atoms in total. The molecule has 0 spiro atoms. The summed E-state index contributed by atoms with van der Waals surface area (Å²) in [5, 5.41) is 9.45. The standard InChI is InChI=1S/C23H31N3O2S/c1-17-11-18(2)14-26(13-17)15-20-6-4-3-5-19(20)12-25-22(27)7-9-24-23(28)21-8-10-29-16-21/h3-6,8,10,16-18H,7,9,11-15H2,1-2H3,(H,24,28)(H,25,27)/t17-,18-/m1/s1. The SMILES string of the molecule is C[C@@H]1C[C@@H](C)CN(Cc2ccccc2CNC(=O)CCNC(=O)c2ccsc2)C1. The minimum Gasteiger partial charge on any atom is -0.352 e. The number of amides is 2. The number of carbonyl (C=O) groups excluding carboxylic acids is 2. The number of nitrogens with zero attached hydrogens (tertiary/aromatic N) is 1. The predicted octanol–water partition coefficient (Wildman–Crippen LogP) is 3.66. The summed E-state index contributed by atoms with van der Waals surface area (Å²) in [4.78, 5) is 26.6. The molecule has 2 N–H and O–H groups in total. The lowest BCUT2D eigenvalue weighted by molar-refractivity contribution is -0.121. The van der Waals surface area contributed by atoms with Crippen molar-refractivity contribution < 1.29 is 9.59 Å². The van der Waals surface area contributed by atoms with E-state index in [0.29, 0.717) is 18.7 Å². The smallest absolute Gasteiger partial charge is 0.252 e. The van der Waals surface area contributed by atoms with Gasteiger partial charge in [-0.25, -0.2) is 0 Å². The van der Waals surface area contributed by atoms with Crippen LogP contribution in [0.15, 0.2) is 41.1 Å². The van der Waals surface area contributed by atoms with Crippen molar-refractivity contribution in [1.29, 1.82) is 0 Å². The lowest BCUT2D eigenvalue weighted by atomic mass is 9.91. The summed E-state index contributed by atoms with van der Waals surface area (Å²) in [6.45, 7) is 8.71. The van der Waals surface area contributed by atoms with E-state index in [2.05, 4.69) is 47.6 Å². The highest BCUT2D eigenvalue weighted by Gasteiger charge is 2.22. The molecule has 2 atom stereocenters. The number of rotatable bonds is 8. The van der Waals surface area contributed by atoms with Crippen molar-refractivity contribution in [3.8, 4) is 0 Å². The van der Waals surface area contributed by atoms with Crippen LogP contribution in [-0.4, -0.2) is 36.3 Å². The Morgan fingerprint density at radius 3 is 2.48 bits per heavy atom. The maximum absolute atomic E-state index is 12.2. The quantitative estimate of drug-likeness (QED) is 0.694. The Morgan fingerprint density at radius 2 is 1.79 bits per heavy atom. The fourth-order valence-electron chi connectivity index (χ4n) is 4.11. The number of hydrogen-bond acceptors (Lipinski definition) is 4. The van der Waals surface area contributed by atoms with Gasteiger partial charge in [0.25, 0.3) is 5.91 Å². The van der Waals surface area contributed by atoms with Crippen LogP contribution in [0.5, 0.6) is 0 Å². The largest absolute Gasteiger partial charge is 0.352 e. The first-order chi connectivity index (χ1) is 14.0. The molecule has 1 aliphatic heterocycles. The molecular weight excluding hydrogens is 382 g/mol. The number of benzene rings is 1. The van der Waals surface area contributed by atoms with Crippen molar-refractivity contribution in [2.45, 2.75) is 39.8 Å². The van der Waals surface area contributed by atoms with Crippen LogP contribution in [0.25, 0.3) is 0 Å². The molecule has 3 rings (SSSR count). The predicted molar refractivity (Wildman–Crippen MR) is 118 cm³/mol. The van der Waals surface area contributed by atoms with Crippen molar-refractivity contribution in [2.24, 2.45) is 11.8 Å². The minimum absolute atomic E-state index is 0.0503. The normalized spacial score (nSPS) is 19.7. The van der Waals surface area contributed by atoms with Gasteiger partial charge in [0, 0.05) is 50.1 Å². The Morgan fingerprint density at radius 1 is 1.07 bits per heavy atom. The molecule has 0 saturated carbocycles. The van der Waals surface area contributed by atoms with E-state index in [1.807, 2.05) is 11.4 Å². The summed E-state index contributed by atoms with van der Waals surface area (Å²) in [7, 11) is 0. The summed E-state index contributed by atoms with van der Waals surface area (Å²) in [5.74, 6) is 1.28. The summed E-state index contributed by atoms with van der Waals surface area (Å²) in [5.41, 5.74) is 3.08. The molecular formula is C23H31N3O2S. The van der Waals surface area contributed by atoms with Gasteiger partial charge in [-0.2, -0.15) is 11.3 Å². The second-order valence-electron chi connectivity index (χ2n) is 8.20. The number of piperidine rings is 1. The Balaban J connectivity index is 1.45. The number of thiophene rings is 1. The Bertz CT molecular complexity index is 796. The van der Waals surface area contributed by atoms with Crippen LogP contribution >= 0.6 is 11.3 Å². The van der Waals surface area contributed by atoms with Crippen LogP contribution in [0.1, 0.15) is 48.2 Å². The zero-order valence-electron chi connectivity index (χ0n) is 17.3. The number of hydrogen-bond donors (Lipinski definition) is 2. The number of carbonyl (C=O) groups is 2. The molecule has 2 amide bonds. The lowest BCUT2D eigenvalue weighted by Crippen LogP contribution is -2.38. The second-order valence-corrected chi connectivity index (χ2v) is 8.98. The van der Waals surface area contributed by atoms with E-state index < -0.39 is 0 Å². The summed E-state index contributed by atoms with van der Waals surface area (Å²) >= 11 is 1.48. The third-order valence-corrected chi connectivity index (χ3v) is 6.04. The van der Waals surface area contributed by atoms with Gasteiger partial charge in [0.2, 0.25) is 5.91 Å². The Labute approximate surface area is 177 Å². The molecule has 0 aliphatic carbocycles. The summed E-state index contributed by atoms with van der Waals surface area (Å²) in [6.07, 6.45) is 1.58. The zero-order chi connectivity index (χ0) is 20.6. The Kier molecular flexibility index (Phi) is 7.83. The van der Waals surface area contributed by atoms with Crippen molar-refractivity contribution >= 4 is 23.2 Å². The molecule has 1 aromatic carbocycles. The minimum atomic E-state index is -0.130. The van der Waals surface area contributed by atoms with Crippen molar-refractivity contribution in [1.82, 2.24) is 15.5 Å². The molecule has 1 aromatic heterocycles. The van der Waals surface area contributed by atoms with Crippen LogP contribution in [0, 0.1) is 11.8 Å². The van der Waals surface area contributed by atoms with Gasteiger partial charge in [-0.05, 0) is 40.8 Å². The molecule has 156 valence electrons. The van der Waals surface area contributed by atoms with Crippen LogP contribution in [0.4, 0.5) is 0 Å². The first-order valence-corrected chi connectivity index (χ1v) is 11.3. The van der Waals surface area contributed by atoms with Gasteiger partial charge in [0.05, 0.1) is 0 Å². The maximum Gasteiger partial charge on any atom is 0.252 e. The summed E-state index contributed by atoms with van der Waals surface area (Å²) < 4.78 is 0. The van der Waals surface area contributed by atoms with Gasteiger partial charge in [0.15, 0.2) is 0 Å². The number of likely N-dealkylation sites (tertiary alicyclic amines) is 1. The van der Waals surface area contributed by atoms with E-state index in [1.165, 1.54) is 23.3 Å². The highest BCUT2D eigenvalue weighted by molar-refractivity contribution is 7.08. The van der Waals surface area contributed by atoms with E-state index in [9.17, 15) is 9.59 Å². The Hall–Kier alpha value is -2.18. The van der Waals surface area contributed by atoms with Crippen molar-refractivity contribution in [2.75, 3.05) is 19.6 Å². The maximum atomic E-state index is 12.2. The first-order valence-electron chi connectivity index (χ1n) is 10.4. The molecule has 2 aromatic rings. The van der Waals surface area contributed by atoms with Crippen LogP contribution < -0.4 is 10.6 Å². The lowest BCUT2D eigenvalue weighted by Gasteiger charge is -2.35. The van der Waals surface area contributed by atoms with Gasteiger partial charge < -0.3 is 10.6 Å². The van der Waals surface area contributed by atoms with Crippen LogP contribution in [-0.2, 0) is 17.9 Å². The fourth-order valence-corrected chi connectivity index (χ4v) is 4.75. The van der Waals surface area contributed by atoms with Gasteiger partial charge in [-0.3, -0.25) is 14.5 Å². The zero-order valence-corrected chi connectivity index (χ0v) is 18.1. The third-order valence-electron chi connectivity index (χ3n) is 5.35. The molecule has 0 unspecified atom stereocenters. The highest BCUT2D eigenvalue weighted by Crippen LogP contribution is 2.23. The molecule has 29 heavy (non-hydrogen) atoms. The second kappa shape index (κ2) is 10.6. The van der Waals surface area contributed by atoms with Gasteiger partial charge in [0.1, 0.15) is 0 Å². The average molecular weight is 414 g/mol. The third kappa shape index (κ3) is 6.68. The van der Waals surface area contributed by atoms with Crippen LogP contribution in [0.2, 0.25) is 0 Å². The van der Waals surface area contributed by atoms with E-state index in [1.54, 1.807) is 11.4 Å². The molecule has 6 heteroatoms. The van der Waals surface area contributed by atoms with E-state index in [0.717, 1.165) is 37.0 Å². The highest BCUT2D eigenvalue weighted by atomic mass is 32.1. The molecule has 2 heterocycles. The van der Waals surface area contributed by atoms with Gasteiger partial charge >= 0.3 is 0 Å². The van der Waals surface area contributed by atoms with Crippen molar-refractivity contribution in [3.63, 3.8) is 0 Å². The van der Waals surface area contributed by atoms with Gasteiger partial charge in [-0.1, -0.05) is 38.1 Å². The molecule has 0 bridgehead atoms. The monoisotopic (exact) mass is 413 g/mol. The van der Waals surface area contributed by atoms with E-state index in [4.69, 9.17) is 0 Å². The summed E-state index contributed by atoms with van der Waals surface area (Å²) in [6, 6.07) is 10.1. The van der Waals surface area contributed by atoms with E-state index in [-0.39, 0.29) is 18.2 Å². The fraction of sp³-hybridized carbons (Fsp3) is 0.478. The topological polar surface area (TPSA) is 61.4 Å². The van der Waals surface area contributed by atoms with Crippen LogP contribution in [0.3, 0.4) is 0 Å². The molecule has 1 fully saturated rings. The first kappa shape index (κ1) is 21.5.